The maximum Gasteiger partial charge on any atom is 0.178 e. The van der Waals surface area contributed by atoms with Crippen molar-refractivity contribution in [3.63, 3.8) is 0 Å². The van der Waals surface area contributed by atoms with Crippen molar-refractivity contribution in [2.45, 2.75) is 95.7 Å². The van der Waals surface area contributed by atoms with Gasteiger partial charge < -0.3 is 14.6 Å². The number of aliphatic hydroxyl groups is 1. The highest BCUT2D eigenvalue weighted by Gasteiger charge is 2.76. The zero-order valence-electron chi connectivity index (χ0n) is 21.3. The zero-order chi connectivity index (χ0) is 25.3. The Morgan fingerprint density at radius 3 is 2.78 bits per heavy atom. The molecule has 36 heavy (non-hydrogen) atoms. The van der Waals surface area contributed by atoms with Gasteiger partial charge in [0.05, 0.1) is 18.8 Å². The number of aliphatic hydroxyl groups excluding tert-OH is 1. The summed E-state index contributed by atoms with van der Waals surface area (Å²) in [5.41, 5.74) is 7.85. The van der Waals surface area contributed by atoms with Gasteiger partial charge in [-0.25, -0.2) is 0 Å². The quantitative estimate of drug-likeness (QED) is 0.341. The van der Waals surface area contributed by atoms with Crippen LogP contribution in [0.4, 0.5) is 0 Å². The third-order valence-corrected chi connectivity index (χ3v) is 11.0. The van der Waals surface area contributed by atoms with E-state index in [1.54, 1.807) is 12.2 Å². The lowest BCUT2D eigenvalue weighted by Gasteiger charge is -2.59. The van der Waals surface area contributed by atoms with E-state index in [9.17, 15) is 14.7 Å². The minimum Gasteiger partial charge on any atom is -0.393 e. The molecule has 0 aromatic heterocycles. The van der Waals surface area contributed by atoms with Gasteiger partial charge in [0.25, 0.3) is 0 Å². The molecule has 0 aromatic carbocycles. The molecular weight excluding hydrogens is 458 g/mol. The van der Waals surface area contributed by atoms with Gasteiger partial charge in [0.2, 0.25) is 0 Å². The van der Waals surface area contributed by atoms with Crippen LogP contribution >= 0.6 is 0 Å². The van der Waals surface area contributed by atoms with Gasteiger partial charge in [-0.3, -0.25) is 9.59 Å². The minimum atomic E-state index is -1.21. The summed E-state index contributed by atoms with van der Waals surface area (Å²) in [5, 5.41) is 15.4. The van der Waals surface area contributed by atoms with E-state index >= 15 is 0 Å². The monoisotopic (exact) mass is 495 g/mol. The van der Waals surface area contributed by atoms with Crippen LogP contribution in [0.5, 0.6) is 0 Å². The fraction of sp³-hybridized carbons (Fsp3) is 0.786. The van der Waals surface area contributed by atoms with Gasteiger partial charge in [-0.2, -0.15) is 0 Å². The molecule has 4 saturated carbocycles. The van der Waals surface area contributed by atoms with Crippen molar-refractivity contribution < 1.29 is 24.2 Å². The number of carbonyl (C=O) groups is 2. The van der Waals surface area contributed by atoms with Crippen LogP contribution in [0.1, 0.15) is 71.6 Å². The van der Waals surface area contributed by atoms with Crippen LogP contribution in [0.3, 0.4) is 0 Å². The van der Waals surface area contributed by atoms with E-state index in [0.29, 0.717) is 12.8 Å². The fourth-order valence-electron chi connectivity index (χ4n) is 9.42. The van der Waals surface area contributed by atoms with Gasteiger partial charge >= 0.3 is 0 Å². The molecule has 0 unspecified atom stereocenters. The summed E-state index contributed by atoms with van der Waals surface area (Å²) in [6.07, 6.45) is 12.3. The number of ether oxygens (including phenoxy) is 2. The number of azide groups is 1. The van der Waals surface area contributed by atoms with E-state index in [-0.39, 0.29) is 47.2 Å². The number of ketones is 2. The first-order chi connectivity index (χ1) is 17.2. The van der Waals surface area contributed by atoms with Gasteiger partial charge in [0.1, 0.15) is 0 Å². The molecule has 8 nitrogen and oxygen atoms in total. The Morgan fingerprint density at radius 1 is 1.25 bits per heavy atom. The summed E-state index contributed by atoms with van der Waals surface area (Å²) in [7, 11) is 0. The second kappa shape index (κ2) is 8.52. The van der Waals surface area contributed by atoms with Crippen molar-refractivity contribution in [1.29, 1.82) is 0 Å². The number of allylic oxidation sites excluding steroid dienone is 4. The van der Waals surface area contributed by atoms with Crippen molar-refractivity contribution in [1.82, 2.24) is 0 Å². The second-order valence-corrected chi connectivity index (χ2v) is 12.5. The predicted molar refractivity (Wildman–Crippen MR) is 131 cm³/mol. The summed E-state index contributed by atoms with van der Waals surface area (Å²) in [6, 6.07) is 0. The van der Waals surface area contributed by atoms with Crippen molar-refractivity contribution in [2.24, 2.45) is 39.6 Å². The molecule has 6 rings (SSSR count). The van der Waals surface area contributed by atoms with E-state index < -0.39 is 29.5 Å². The van der Waals surface area contributed by atoms with Gasteiger partial charge in [-0.1, -0.05) is 49.9 Å². The van der Waals surface area contributed by atoms with Crippen LogP contribution in [0.2, 0.25) is 0 Å². The number of rotatable bonds is 4. The normalized spacial score (nSPS) is 47.8. The molecule has 1 aliphatic heterocycles. The SMILES string of the molecule is C[C@]12C=CC(=O)C=C1CC[C@@H]1[C@@H]2[C@@H](O)C[C@@]2(C)[C@H]1C[C@H]1O[C@@H](C3CCCCC3)O[C@]12C(=O)CN=[N+]=[N-]. The molecule has 9 atom stereocenters. The highest BCUT2D eigenvalue weighted by molar-refractivity contribution is 6.01. The van der Waals surface area contributed by atoms with Crippen LogP contribution in [0, 0.1) is 34.5 Å². The van der Waals surface area contributed by atoms with Crippen molar-refractivity contribution in [2.75, 3.05) is 6.54 Å². The molecule has 1 heterocycles. The molecule has 0 amide bonds. The Hall–Kier alpha value is -1.99. The highest BCUT2D eigenvalue weighted by Crippen LogP contribution is 2.70. The molecule has 0 bridgehead atoms. The lowest BCUT2D eigenvalue weighted by atomic mass is 9.46. The lowest BCUT2D eigenvalue weighted by molar-refractivity contribution is -0.207. The van der Waals surface area contributed by atoms with Crippen molar-refractivity contribution >= 4 is 11.6 Å². The average Bonchev–Trinajstić information content (AvgIpc) is 3.36. The Morgan fingerprint density at radius 2 is 2.03 bits per heavy atom. The minimum absolute atomic E-state index is 0.0182. The second-order valence-electron chi connectivity index (χ2n) is 12.5. The standard InChI is InChI=1S/C28H37N3O5/c1-26-11-10-18(32)12-17(26)8-9-19-20-13-23-28(22(34)15-30-31-29,27(20,2)14-21(33)24(19)26)36-25(35-23)16-6-4-3-5-7-16/h10-12,16,19-21,23-25,33H,3-9,13-15H2,1-2H3/t19-,20-,21-,23+,24+,25+,26-,27-,28+/m0/s1. The third kappa shape index (κ3) is 3.20. The molecular formula is C28H37N3O5. The summed E-state index contributed by atoms with van der Waals surface area (Å²) >= 11 is 0. The number of nitrogens with zero attached hydrogens (tertiary/aromatic N) is 3. The molecule has 0 aromatic rings. The first kappa shape index (κ1) is 24.4. The number of carbonyl (C=O) groups excluding carboxylic acids is 2. The molecule has 194 valence electrons. The zero-order valence-corrected chi connectivity index (χ0v) is 21.3. The maximum absolute atomic E-state index is 13.9. The summed E-state index contributed by atoms with van der Waals surface area (Å²) in [6.45, 7) is 3.98. The van der Waals surface area contributed by atoms with Crippen molar-refractivity contribution in [3.05, 3.63) is 34.2 Å². The topological polar surface area (TPSA) is 122 Å². The molecule has 5 aliphatic carbocycles. The Kier molecular flexibility index (Phi) is 5.76. The van der Waals surface area contributed by atoms with Crippen LogP contribution in [0.15, 0.2) is 28.9 Å². The van der Waals surface area contributed by atoms with E-state index in [2.05, 4.69) is 23.9 Å². The summed E-state index contributed by atoms with van der Waals surface area (Å²) < 4.78 is 13.4. The van der Waals surface area contributed by atoms with E-state index in [1.807, 2.05) is 6.08 Å². The van der Waals surface area contributed by atoms with Crippen LogP contribution in [0.25, 0.3) is 10.4 Å². The summed E-state index contributed by atoms with van der Waals surface area (Å²) in [4.78, 5) is 28.8. The first-order valence-corrected chi connectivity index (χ1v) is 13.7. The van der Waals surface area contributed by atoms with E-state index in [0.717, 1.165) is 44.1 Å². The Labute approximate surface area is 212 Å². The van der Waals surface area contributed by atoms with Gasteiger partial charge in [-0.15, -0.1) is 0 Å². The van der Waals surface area contributed by atoms with Crippen LogP contribution < -0.4 is 0 Å². The molecule has 0 radical (unpaired) electrons. The fourth-order valence-corrected chi connectivity index (χ4v) is 9.42. The largest absolute Gasteiger partial charge is 0.393 e. The Balaban J connectivity index is 1.38. The first-order valence-electron chi connectivity index (χ1n) is 13.7. The molecule has 0 spiro atoms. The third-order valence-electron chi connectivity index (χ3n) is 11.0. The molecule has 1 N–H and O–H groups in total. The molecule has 8 heteroatoms. The maximum atomic E-state index is 13.9. The smallest absolute Gasteiger partial charge is 0.178 e. The van der Waals surface area contributed by atoms with Crippen molar-refractivity contribution in [3.8, 4) is 0 Å². The van der Waals surface area contributed by atoms with Gasteiger partial charge in [0.15, 0.2) is 23.5 Å². The molecule has 1 saturated heterocycles. The van der Waals surface area contributed by atoms with E-state index in [1.165, 1.54) is 6.42 Å². The van der Waals surface area contributed by atoms with Gasteiger partial charge in [-0.05, 0) is 68.0 Å². The lowest BCUT2D eigenvalue weighted by Crippen LogP contribution is -2.63. The average molecular weight is 496 g/mol. The molecule has 6 aliphatic rings. The highest BCUT2D eigenvalue weighted by atomic mass is 16.7. The molecule has 5 fully saturated rings. The van der Waals surface area contributed by atoms with Gasteiger partial charge in [0, 0.05) is 27.6 Å². The van der Waals surface area contributed by atoms with Crippen LogP contribution in [-0.4, -0.2) is 47.3 Å². The van der Waals surface area contributed by atoms with Crippen LogP contribution in [-0.2, 0) is 19.1 Å². The number of hydrogen-bond acceptors (Lipinski definition) is 6. The number of fused-ring (bicyclic) bond motifs is 7. The number of hydrogen-bond donors (Lipinski definition) is 1. The Bertz CT molecular complexity index is 1080. The number of Topliss-reactive ketones (excluding diaryl/α,β-unsaturated/α-hetero) is 1. The summed E-state index contributed by atoms with van der Waals surface area (Å²) in [5.74, 6) is 0.339. The predicted octanol–water partition coefficient (Wildman–Crippen LogP) is 4.82. The van der Waals surface area contributed by atoms with E-state index in [4.69, 9.17) is 15.0 Å².